The van der Waals surface area contributed by atoms with Crippen LogP contribution in [0.4, 0.5) is 4.79 Å². The van der Waals surface area contributed by atoms with E-state index in [1.807, 2.05) is 51.1 Å². The maximum absolute atomic E-state index is 13.1. The normalized spacial score (nSPS) is 15.1. The second-order valence-electron chi connectivity index (χ2n) is 9.88. The van der Waals surface area contributed by atoms with Crippen molar-refractivity contribution in [2.45, 2.75) is 78.1 Å². The predicted molar refractivity (Wildman–Crippen MR) is 116 cm³/mol. The number of alkyl carbamates (subject to hydrolysis) is 1. The Bertz CT molecular complexity index is 746. The lowest BCUT2D eigenvalue weighted by molar-refractivity contribution is -0.142. The molecule has 7 nitrogen and oxygen atoms in total. The van der Waals surface area contributed by atoms with Gasteiger partial charge in [0.1, 0.15) is 18.2 Å². The SMILES string of the molecule is CC(C)(C)NC(=O)C(C1CC1)N(Cc1ccccc1)C(=O)CNC(=O)OC(C)(C)C. The largest absolute Gasteiger partial charge is 0.444 e. The molecule has 0 aliphatic heterocycles. The number of hydrogen-bond donors (Lipinski definition) is 2. The number of nitrogens with zero attached hydrogens (tertiary/aromatic N) is 1. The minimum atomic E-state index is -0.655. The third kappa shape index (κ3) is 8.05. The van der Waals surface area contributed by atoms with E-state index in [1.54, 1.807) is 25.7 Å². The zero-order chi connectivity index (χ0) is 22.5. The van der Waals surface area contributed by atoms with Crippen LogP contribution in [0.1, 0.15) is 59.9 Å². The first kappa shape index (κ1) is 23.7. The Morgan fingerprint density at radius 1 is 1.07 bits per heavy atom. The van der Waals surface area contributed by atoms with E-state index in [0.717, 1.165) is 18.4 Å². The number of hydrogen-bond acceptors (Lipinski definition) is 4. The quantitative estimate of drug-likeness (QED) is 0.713. The molecule has 1 atom stereocenters. The van der Waals surface area contributed by atoms with Gasteiger partial charge in [-0.2, -0.15) is 0 Å². The molecule has 1 saturated carbocycles. The molecule has 0 bridgehead atoms. The molecule has 166 valence electrons. The van der Waals surface area contributed by atoms with Gasteiger partial charge in [0.25, 0.3) is 0 Å². The van der Waals surface area contributed by atoms with E-state index in [0.29, 0.717) is 6.54 Å². The Morgan fingerprint density at radius 2 is 1.67 bits per heavy atom. The Balaban J connectivity index is 2.19. The average Bonchev–Trinajstić information content (AvgIpc) is 3.42. The molecule has 1 fully saturated rings. The van der Waals surface area contributed by atoms with Gasteiger partial charge in [-0.1, -0.05) is 30.3 Å². The van der Waals surface area contributed by atoms with Gasteiger partial charge in [-0.05, 0) is 65.9 Å². The predicted octanol–water partition coefficient (Wildman–Crippen LogP) is 3.23. The summed E-state index contributed by atoms with van der Waals surface area (Å²) in [4.78, 5) is 39.8. The second-order valence-corrected chi connectivity index (χ2v) is 9.88. The summed E-state index contributed by atoms with van der Waals surface area (Å²) in [7, 11) is 0. The van der Waals surface area contributed by atoms with Gasteiger partial charge in [-0.3, -0.25) is 9.59 Å². The first-order chi connectivity index (χ1) is 13.9. The van der Waals surface area contributed by atoms with Crippen molar-refractivity contribution in [1.82, 2.24) is 15.5 Å². The van der Waals surface area contributed by atoms with Crippen molar-refractivity contribution in [1.29, 1.82) is 0 Å². The van der Waals surface area contributed by atoms with E-state index in [9.17, 15) is 14.4 Å². The fourth-order valence-corrected chi connectivity index (χ4v) is 3.15. The van der Waals surface area contributed by atoms with Crippen molar-refractivity contribution in [3.63, 3.8) is 0 Å². The summed E-state index contributed by atoms with van der Waals surface area (Å²) < 4.78 is 5.22. The summed E-state index contributed by atoms with van der Waals surface area (Å²) in [6.07, 6.45) is 1.15. The zero-order valence-corrected chi connectivity index (χ0v) is 19.0. The summed E-state index contributed by atoms with van der Waals surface area (Å²) in [6.45, 7) is 11.1. The van der Waals surface area contributed by atoms with E-state index in [4.69, 9.17) is 4.74 Å². The molecule has 0 spiro atoms. The zero-order valence-electron chi connectivity index (χ0n) is 19.0. The molecule has 3 amide bonds. The van der Waals surface area contributed by atoms with Crippen molar-refractivity contribution in [2.24, 2.45) is 5.92 Å². The van der Waals surface area contributed by atoms with E-state index in [2.05, 4.69) is 10.6 Å². The van der Waals surface area contributed by atoms with Crippen LogP contribution in [0.25, 0.3) is 0 Å². The standard InChI is InChI=1S/C23H35N3O4/c1-22(2,3)25-20(28)19(17-12-13-17)26(15-16-10-8-7-9-11-16)18(27)14-24-21(29)30-23(4,5)6/h7-11,17,19H,12-15H2,1-6H3,(H,24,29)(H,25,28). The highest BCUT2D eigenvalue weighted by atomic mass is 16.6. The molecule has 0 saturated heterocycles. The molecule has 1 aromatic carbocycles. The summed E-state index contributed by atoms with van der Waals surface area (Å²) in [6, 6.07) is 8.99. The fourth-order valence-electron chi connectivity index (χ4n) is 3.15. The van der Waals surface area contributed by atoms with Gasteiger partial charge in [-0.15, -0.1) is 0 Å². The molecule has 0 aromatic heterocycles. The molecule has 1 unspecified atom stereocenters. The first-order valence-electron chi connectivity index (χ1n) is 10.5. The highest BCUT2D eigenvalue weighted by molar-refractivity contribution is 5.90. The average molecular weight is 418 g/mol. The molecule has 1 aliphatic rings. The van der Waals surface area contributed by atoms with Crippen LogP contribution in [-0.2, 0) is 20.9 Å². The van der Waals surface area contributed by atoms with Crippen molar-refractivity contribution >= 4 is 17.9 Å². The van der Waals surface area contributed by atoms with Crippen LogP contribution in [0, 0.1) is 5.92 Å². The molecule has 1 aliphatic carbocycles. The molecular weight excluding hydrogens is 382 g/mol. The Hall–Kier alpha value is -2.57. The van der Waals surface area contributed by atoms with Gasteiger partial charge in [0.15, 0.2) is 0 Å². The third-order valence-corrected chi connectivity index (χ3v) is 4.47. The van der Waals surface area contributed by atoms with Crippen LogP contribution < -0.4 is 10.6 Å². The van der Waals surface area contributed by atoms with Crippen molar-refractivity contribution in [3.05, 3.63) is 35.9 Å². The van der Waals surface area contributed by atoms with Crippen molar-refractivity contribution in [3.8, 4) is 0 Å². The number of carbonyl (C=O) groups excluding carboxylic acids is 3. The summed E-state index contributed by atoms with van der Waals surface area (Å²) >= 11 is 0. The fraction of sp³-hybridized carbons (Fsp3) is 0.609. The van der Waals surface area contributed by atoms with Gasteiger partial charge in [0.2, 0.25) is 11.8 Å². The number of ether oxygens (including phenoxy) is 1. The third-order valence-electron chi connectivity index (χ3n) is 4.47. The minimum Gasteiger partial charge on any atom is -0.444 e. The molecule has 0 heterocycles. The lowest BCUT2D eigenvalue weighted by Crippen LogP contribution is -2.56. The van der Waals surface area contributed by atoms with Gasteiger partial charge in [-0.25, -0.2) is 4.79 Å². The molecular formula is C23H35N3O4. The number of rotatable bonds is 7. The maximum Gasteiger partial charge on any atom is 0.408 e. The highest BCUT2D eigenvalue weighted by Gasteiger charge is 2.43. The maximum atomic E-state index is 13.1. The summed E-state index contributed by atoms with van der Waals surface area (Å²) in [5.74, 6) is -0.348. The molecule has 2 N–H and O–H groups in total. The molecule has 0 radical (unpaired) electrons. The highest BCUT2D eigenvalue weighted by Crippen LogP contribution is 2.36. The Kier molecular flexibility index (Phi) is 7.50. The van der Waals surface area contributed by atoms with Crippen LogP contribution in [0.3, 0.4) is 0 Å². The Labute approximate surface area is 179 Å². The van der Waals surface area contributed by atoms with Crippen LogP contribution >= 0.6 is 0 Å². The number of nitrogens with one attached hydrogen (secondary N) is 2. The first-order valence-corrected chi connectivity index (χ1v) is 10.5. The summed E-state index contributed by atoms with van der Waals surface area (Å²) in [5.41, 5.74) is -0.127. The van der Waals surface area contributed by atoms with E-state index < -0.39 is 23.3 Å². The number of carbonyl (C=O) groups is 3. The second kappa shape index (κ2) is 9.49. The van der Waals surface area contributed by atoms with Crippen molar-refractivity contribution in [2.75, 3.05) is 6.54 Å². The molecule has 1 aromatic rings. The van der Waals surface area contributed by atoms with Crippen LogP contribution in [-0.4, -0.2) is 46.5 Å². The summed E-state index contributed by atoms with van der Waals surface area (Å²) in [5, 5.41) is 5.54. The monoisotopic (exact) mass is 417 g/mol. The number of benzene rings is 1. The van der Waals surface area contributed by atoms with E-state index in [1.165, 1.54) is 0 Å². The van der Waals surface area contributed by atoms with Crippen LogP contribution in [0.2, 0.25) is 0 Å². The topological polar surface area (TPSA) is 87.7 Å². The van der Waals surface area contributed by atoms with Crippen LogP contribution in [0.15, 0.2) is 30.3 Å². The van der Waals surface area contributed by atoms with E-state index >= 15 is 0 Å². The Morgan fingerprint density at radius 3 is 2.17 bits per heavy atom. The van der Waals surface area contributed by atoms with Crippen LogP contribution in [0.5, 0.6) is 0 Å². The van der Waals surface area contributed by atoms with Crippen molar-refractivity contribution < 1.29 is 19.1 Å². The van der Waals surface area contributed by atoms with Gasteiger partial charge < -0.3 is 20.3 Å². The lowest BCUT2D eigenvalue weighted by atomic mass is 10.0. The smallest absolute Gasteiger partial charge is 0.408 e. The lowest BCUT2D eigenvalue weighted by Gasteiger charge is -2.34. The number of amides is 3. The minimum absolute atomic E-state index is 0.126. The van der Waals surface area contributed by atoms with E-state index in [-0.39, 0.29) is 24.3 Å². The van der Waals surface area contributed by atoms with Gasteiger partial charge >= 0.3 is 6.09 Å². The molecule has 7 heteroatoms. The molecule has 2 rings (SSSR count). The molecule has 30 heavy (non-hydrogen) atoms. The van der Waals surface area contributed by atoms with Gasteiger partial charge in [0.05, 0.1) is 0 Å². The van der Waals surface area contributed by atoms with Gasteiger partial charge in [0, 0.05) is 12.1 Å².